The molecule has 1 aromatic carbocycles. The van der Waals surface area contributed by atoms with Gasteiger partial charge in [-0.1, -0.05) is 43.2 Å². The molecule has 7 nitrogen and oxygen atoms in total. The fraction of sp³-hybridized carbons (Fsp3) is 0.526. The van der Waals surface area contributed by atoms with Crippen LogP contribution in [-0.4, -0.2) is 51.6 Å². The number of methoxy groups -OCH3 is 1. The summed E-state index contributed by atoms with van der Waals surface area (Å²) >= 11 is 1.34. The van der Waals surface area contributed by atoms with Gasteiger partial charge >= 0.3 is 0 Å². The Morgan fingerprint density at radius 3 is 2.63 bits per heavy atom. The molecule has 1 aromatic heterocycles. The maximum atomic E-state index is 12.5. The molecule has 1 aliphatic carbocycles. The molecule has 0 spiro atoms. The van der Waals surface area contributed by atoms with Crippen LogP contribution in [0.25, 0.3) is 0 Å². The Morgan fingerprint density at radius 1 is 1.26 bits per heavy atom. The number of thioether (sulfide) groups is 1. The molecule has 1 fully saturated rings. The number of carbonyl (C=O) groups is 1. The first-order valence-electron chi connectivity index (χ1n) is 9.29. The van der Waals surface area contributed by atoms with Crippen LogP contribution >= 0.6 is 11.8 Å². The largest absolute Gasteiger partial charge is 0.497 e. The molecule has 27 heavy (non-hydrogen) atoms. The summed E-state index contributed by atoms with van der Waals surface area (Å²) in [6, 6.07) is 8.13. The maximum absolute atomic E-state index is 12.5. The molecule has 0 atom stereocenters. The number of aromatic nitrogens is 3. The number of ether oxygens (including phenoxy) is 1. The van der Waals surface area contributed by atoms with Crippen molar-refractivity contribution in [1.82, 2.24) is 19.8 Å². The summed E-state index contributed by atoms with van der Waals surface area (Å²) in [6.45, 7) is 0. The number of hydrogen-bond acceptors (Lipinski definition) is 6. The predicted octanol–water partition coefficient (Wildman–Crippen LogP) is 2.47. The lowest BCUT2D eigenvalue weighted by Gasteiger charge is -2.31. The van der Waals surface area contributed by atoms with Gasteiger partial charge in [0.15, 0.2) is 5.82 Å². The van der Waals surface area contributed by atoms with Gasteiger partial charge in [-0.25, -0.2) is 4.68 Å². The first-order chi connectivity index (χ1) is 13.1. The molecule has 1 heterocycles. The third-order valence-corrected chi connectivity index (χ3v) is 6.02. The molecule has 3 rings (SSSR count). The minimum Gasteiger partial charge on any atom is -0.497 e. The predicted molar refractivity (Wildman–Crippen MR) is 106 cm³/mol. The molecule has 146 valence electrons. The summed E-state index contributed by atoms with van der Waals surface area (Å²) in [5, 5.41) is 8.88. The summed E-state index contributed by atoms with van der Waals surface area (Å²) in [5.74, 6) is 8.05. The molecular formula is C19H27N5O2S. The number of benzene rings is 1. The van der Waals surface area contributed by atoms with Crippen LogP contribution in [0.5, 0.6) is 5.75 Å². The van der Waals surface area contributed by atoms with Crippen LogP contribution in [0.4, 0.5) is 0 Å². The molecular weight excluding hydrogens is 362 g/mol. The topological polar surface area (TPSA) is 86.3 Å². The normalized spacial score (nSPS) is 14.9. The molecule has 1 saturated carbocycles. The molecule has 0 saturated heterocycles. The highest BCUT2D eigenvalue weighted by Gasteiger charge is 2.22. The fourth-order valence-electron chi connectivity index (χ4n) is 3.35. The Morgan fingerprint density at radius 2 is 1.96 bits per heavy atom. The van der Waals surface area contributed by atoms with E-state index in [1.54, 1.807) is 7.11 Å². The number of carbonyl (C=O) groups excluding carboxylic acids is 1. The SMILES string of the molecule is COc1ccc(Cc2nnc(SCC(=O)N(C)C3CCCCC3)n2N)cc1. The highest BCUT2D eigenvalue weighted by atomic mass is 32.2. The molecule has 2 N–H and O–H groups in total. The van der Waals surface area contributed by atoms with Gasteiger partial charge in [0.25, 0.3) is 0 Å². The van der Waals surface area contributed by atoms with Crippen molar-refractivity contribution >= 4 is 17.7 Å². The third kappa shape index (κ3) is 4.94. The van der Waals surface area contributed by atoms with E-state index in [0.717, 1.165) is 24.2 Å². The minimum absolute atomic E-state index is 0.117. The minimum atomic E-state index is 0.117. The van der Waals surface area contributed by atoms with Gasteiger partial charge in [0, 0.05) is 19.5 Å². The zero-order valence-corrected chi connectivity index (χ0v) is 16.7. The molecule has 0 bridgehead atoms. The Bertz CT molecular complexity index is 756. The summed E-state index contributed by atoms with van der Waals surface area (Å²) < 4.78 is 6.64. The van der Waals surface area contributed by atoms with E-state index in [4.69, 9.17) is 10.6 Å². The second kappa shape index (κ2) is 9.12. The van der Waals surface area contributed by atoms with Crippen molar-refractivity contribution in [2.24, 2.45) is 0 Å². The van der Waals surface area contributed by atoms with Gasteiger partial charge in [-0.3, -0.25) is 4.79 Å². The van der Waals surface area contributed by atoms with Gasteiger partial charge in [-0.2, -0.15) is 0 Å². The van der Waals surface area contributed by atoms with Crippen LogP contribution < -0.4 is 10.6 Å². The lowest BCUT2D eigenvalue weighted by atomic mass is 9.94. The van der Waals surface area contributed by atoms with E-state index in [9.17, 15) is 4.79 Å². The maximum Gasteiger partial charge on any atom is 0.233 e. The van der Waals surface area contributed by atoms with Crippen molar-refractivity contribution in [3.63, 3.8) is 0 Å². The highest BCUT2D eigenvalue weighted by molar-refractivity contribution is 7.99. The fourth-order valence-corrected chi connectivity index (χ4v) is 4.15. The van der Waals surface area contributed by atoms with Crippen molar-refractivity contribution in [3.05, 3.63) is 35.7 Å². The van der Waals surface area contributed by atoms with Crippen LogP contribution in [0, 0.1) is 0 Å². The monoisotopic (exact) mass is 389 g/mol. The van der Waals surface area contributed by atoms with Gasteiger partial charge < -0.3 is 15.5 Å². The third-order valence-electron chi connectivity index (χ3n) is 5.10. The zero-order valence-electron chi connectivity index (χ0n) is 15.9. The van der Waals surface area contributed by atoms with E-state index >= 15 is 0 Å². The molecule has 0 radical (unpaired) electrons. The average Bonchev–Trinajstić information content (AvgIpc) is 3.06. The first-order valence-corrected chi connectivity index (χ1v) is 10.3. The van der Waals surface area contributed by atoms with Crippen molar-refractivity contribution in [2.75, 3.05) is 25.8 Å². The lowest BCUT2D eigenvalue weighted by molar-refractivity contribution is -0.129. The molecule has 1 amide bonds. The van der Waals surface area contributed by atoms with Crippen LogP contribution in [0.3, 0.4) is 0 Å². The van der Waals surface area contributed by atoms with Gasteiger partial charge in [-0.05, 0) is 30.5 Å². The number of nitrogens with two attached hydrogens (primary N) is 1. The molecule has 1 aliphatic rings. The smallest absolute Gasteiger partial charge is 0.233 e. The van der Waals surface area contributed by atoms with E-state index in [1.165, 1.54) is 35.7 Å². The van der Waals surface area contributed by atoms with Crippen molar-refractivity contribution in [2.45, 2.75) is 49.7 Å². The molecule has 0 aliphatic heterocycles. The quantitative estimate of drug-likeness (QED) is 0.578. The first kappa shape index (κ1) is 19.5. The highest BCUT2D eigenvalue weighted by Crippen LogP contribution is 2.23. The van der Waals surface area contributed by atoms with Gasteiger partial charge in [-0.15, -0.1) is 10.2 Å². The number of rotatable bonds is 7. The van der Waals surface area contributed by atoms with Crippen molar-refractivity contribution in [1.29, 1.82) is 0 Å². The number of nitrogens with zero attached hydrogens (tertiary/aromatic N) is 4. The Hall–Kier alpha value is -2.22. The summed E-state index contributed by atoms with van der Waals surface area (Å²) in [4.78, 5) is 14.4. The summed E-state index contributed by atoms with van der Waals surface area (Å²) in [6.07, 6.45) is 6.48. The number of amides is 1. The standard InChI is InChI=1S/C19H27N5O2S/c1-23(15-6-4-3-5-7-15)18(25)13-27-19-22-21-17(24(19)20)12-14-8-10-16(26-2)11-9-14/h8-11,15H,3-7,12-13,20H2,1-2H3. The van der Waals surface area contributed by atoms with Crippen molar-refractivity contribution < 1.29 is 9.53 Å². The average molecular weight is 390 g/mol. The van der Waals surface area contributed by atoms with E-state index in [1.807, 2.05) is 36.2 Å². The van der Waals surface area contributed by atoms with Gasteiger partial charge in [0.1, 0.15) is 5.75 Å². The molecule has 2 aromatic rings. The van der Waals surface area contributed by atoms with Crippen molar-refractivity contribution in [3.8, 4) is 5.75 Å². The van der Waals surface area contributed by atoms with Gasteiger partial charge in [0.2, 0.25) is 11.1 Å². The Kier molecular flexibility index (Phi) is 6.60. The van der Waals surface area contributed by atoms with Crippen LogP contribution in [0.1, 0.15) is 43.5 Å². The summed E-state index contributed by atoms with van der Waals surface area (Å²) in [5.41, 5.74) is 1.07. The Labute approximate surface area is 164 Å². The number of nitrogen functional groups attached to an aromatic ring is 1. The van der Waals surface area contributed by atoms with Gasteiger partial charge in [0.05, 0.1) is 12.9 Å². The van der Waals surface area contributed by atoms with Crippen LogP contribution in [0.15, 0.2) is 29.4 Å². The van der Waals surface area contributed by atoms with Crippen LogP contribution in [-0.2, 0) is 11.2 Å². The second-order valence-corrected chi connectivity index (χ2v) is 7.82. The Balaban J connectivity index is 1.55. The molecule has 0 unspecified atom stereocenters. The molecule has 8 heteroatoms. The second-order valence-electron chi connectivity index (χ2n) is 6.88. The number of hydrogen-bond donors (Lipinski definition) is 1. The van der Waals surface area contributed by atoms with E-state index in [-0.39, 0.29) is 5.91 Å². The lowest BCUT2D eigenvalue weighted by Crippen LogP contribution is -2.39. The van der Waals surface area contributed by atoms with E-state index in [0.29, 0.717) is 29.2 Å². The zero-order chi connectivity index (χ0) is 19.2. The van der Waals surface area contributed by atoms with Crippen LogP contribution in [0.2, 0.25) is 0 Å². The van der Waals surface area contributed by atoms with E-state index < -0.39 is 0 Å². The summed E-state index contributed by atoms with van der Waals surface area (Å²) in [7, 11) is 3.54. The van der Waals surface area contributed by atoms with E-state index in [2.05, 4.69) is 10.2 Å².